The maximum absolute atomic E-state index is 2.48. The molecule has 4 aliphatic rings. The van der Waals surface area contributed by atoms with Crippen molar-refractivity contribution in [3.05, 3.63) is 251 Å². The molecular formula is C62H45N. The van der Waals surface area contributed by atoms with Gasteiger partial charge >= 0.3 is 0 Å². The van der Waals surface area contributed by atoms with Gasteiger partial charge in [0.05, 0.1) is 11.1 Å². The lowest BCUT2D eigenvalue weighted by atomic mass is 9.68. The second-order valence-corrected chi connectivity index (χ2v) is 18.2. The summed E-state index contributed by atoms with van der Waals surface area (Å²) in [5.74, 6) is 0. The van der Waals surface area contributed by atoms with Crippen molar-refractivity contribution in [2.45, 2.75) is 37.5 Å². The third-order valence-electron chi connectivity index (χ3n) is 14.7. The molecule has 9 aromatic rings. The van der Waals surface area contributed by atoms with Crippen molar-refractivity contribution in [1.82, 2.24) is 0 Å². The number of fused-ring (bicyclic) bond motifs is 15. The molecule has 0 amide bonds. The van der Waals surface area contributed by atoms with Crippen LogP contribution in [0, 0.1) is 0 Å². The van der Waals surface area contributed by atoms with Crippen molar-refractivity contribution in [3.8, 4) is 44.5 Å². The molecule has 0 bridgehead atoms. The van der Waals surface area contributed by atoms with Crippen molar-refractivity contribution in [1.29, 1.82) is 0 Å². The molecule has 1 unspecified atom stereocenters. The molecule has 13 rings (SSSR count). The van der Waals surface area contributed by atoms with Crippen LogP contribution in [0.2, 0.25) is 0 Å². The van der Waals surface area contributed by atoms with Crippen molar-refractivity contribution in [2.75, 3.05) is 4.90 Å². The molecular weight excluding hydrogens is 759 g/mol. The predicted molar refractivity (Wildman–Crippen MR) is 264 cm³/mol. The van der Waals surface area contributed by atoms with Crippen LogP contribution in [0.5, 0.6) is 0 Å². The number of benzene rings is 9. The van der Waals surface area contributed by atoms with E-state index in [-0.39, 0.29) is 5.41 Å². The number of hydrogen-bond acceptors (Lipinski definition) is 1. The van der Waals surface area contributed by atoms with Gasteiger partial charge in [-0.2, -0.15) is 0 Å². The molecule has 9 aromatic carbocycles. The number of nitrogens with zero attached hydrogens (tertiary/aromatic N) is 1. The van der Waals surface area contributed by atoms with E-state index in [2.05, 4.69) is 231 Å². The lowest BCUT2D eigenvalue weighted by Gasteiger charge is -2.32. The Balaban J connectivity index is 1.01. The average molecular weight is 804 g/mol. The molecule has 1 spiro atoms. The Hall–Kier alpha value is -7.48. The van der Waals surface area contributed by atoms with Crippen LogP contribution < -0.4 is 4.90 Å². The van der Waals surface area contributed by atoms with Crippen molar-refractivity contribution < 1.29 is 0 Å². The molecule has 0 aliphatic heterocycles. The Morgan fingerprint density at radius 3 is 1.75 bits per heavy atom. The minimum Gasteiger partial charge on any atom is -0.310 e. The first-order valence-electron chi connectivity index (χ1n) is 22.5. The molecule has 0 heterocycles. The van der Waals surface area contributed by atoms with Crippen LogP contribution in [0.1, 0.15) is 65.6 Å². The molecule has 1 heteroatoms. The standard InChI is InChI=1S/C62H45N/c1-61(2)52-25-11-9-21-50(52)59-55(61)28-15-29-57(59)63(44-35-30-41(31-36-44)40-16-4-3-5-17-40)45-37-32-43(33-38-45)47-23-14-24-49-48-20-8-12-26-53(48)62(60(47)49)54-27-13-10-22-51(54)58-46-19-7-6-18-42(46)34-39-56(58)62/h4,6-39H,3,5H2,1-2H3. The summed E-state index contributed by atoms with van der Waals surface area (Å²) in [6.07, 6.45) is 9.12. The van der Waals surface area contributed by atoms with Crippen LogP contribution in [0.15, 0.2) is 212 Å². The van der Waals surface area contributed by atoms with Gasteiger partial charge in [0.15, 0.2) is 0 Å². The summed E-state index contributed by atoms with van der Waals surface area (Å²) >= 11 is 0. The third kappa shape index (κ3) is 4.99. The summed E-state index contributed by atoms with van der Waals surface area (Å²) in [4.78, 5) is 2.48. The van der Waals surface area contributed by atoms with E-state index >= 15 is 0 Å². The van der Waals surface area contributed by atoms with E-state index in [0.29, 0.717) is 0 Å². The fraction of sp³-hybridized carbons (Fsp3) is 0.0968. The van der Waals surface area contributed by atoms with Crippen LogP contribution in [-0.4, -0.2) is 0 Å². The van der Waals surface area contributed by atoms with E-state index in [1.807, 2.05) is 0 Å². The first-order valence-corrected chi connectivity index (χ1v) is 22.5. The zero-order valence-corrected chi connectivity index (χ0v) is 35.6. The highest BCUT2D eigenvalue weighted by atomic mass is 15.1. The zero-order chi connectivity index (χ0) is 41.9. The van der Waals surface area contributed by atoms with Gasteiger partial charge in [-0.3, -0.25) is 0 Å². The van der Waals surface area contributed by atoms with Gasteiger partial charge in [-0.1, -0.05) is 196 Å². The molecule has 0 fully saturated rings. The van der Waals surface area contributed by atoms with E-state index in [0.717, 1.165) is 24.2 Å². The number of anilines is 3. The Kier molecular flexibility index (Phi) is 7.76. The van der Waals surface area contributed by atoms with Gasteiger partial charge in [0, 0.05) is 22.4 Å². The molecule has 0 aromatic heterocycles. The lowest BCUT2D eigenvalue weighted by molar-refractivity contribution is 0.660. The summed E-state index contributed by atoms with van der Waals surface area (Å²) in [6, 6.07) is 73.5. The zero-order valence-electron chi connectivity index (χ0n) is 35.6. The van der Waals surface area contributed by atoms with E-state index in [1.54, 1.807) is 0 Å². The van der Waals surface area contributed by atoms with E-state index in [4.69, 9.17) is 0 Å². The van der Waals surface area contributed by atoms with Gasteiger partial charge in [-0.05, 0) is 137 Å². The highest BCUT2D eigenvalue weighted by Gasteiger charge is 2.53. The number of allylic oxidation sites excluding steroid dienone is 4. The Morgan fingerprint density at radius 1 is 0.413 bits per heavy atom. The summed E-state index contributed by atoms with van der Waals surface area (Å²) < 4.78 is 0. The first kappa shape index (κ1) is 36.2. The van der Waals surface area contributed by atoms with Crippen LogP contribution in [0.4, 0.5) is 17.1 Å². The van der Waals surface area contributed by atoms with Gasteiger partial charge in [0.2, 0.25) is 0 Å². The molecule has 0 saturated heterocycles. The van der Waals surface area contributed by atoms with Gasteiger partial charge in [-0.25, -0.2) is 0 Å². The van der Waals surface area contributed by atoms with Gasteiger partial charge in [0.1, 0.15) is 0 Å². The largest absolute Gasteiger partial charge is 0.310 e. The van der Waals surface area contributed by atoms with Crippen LogP contribution in [0.25, 0.3) is 60.9 Å². The number of rotatable bonds is 5. The summed E-state index contributed by atoms with van der Waals surface area (Å²) in [6.45, 7) is 4.74. The monoisotopic (exact) mass is 803 g/mol. The van der Waals surface area contributed by atoms with Crippen LogP contribution in [-0.2, 0) is 10.8 Å². The van der Waals surface area contributed by atoms with Gasteiger partial charge in [-0.15, -0.1) is 0 Å². The van der Waals surface area contributed by atoms with Crippen LogP contribution in [0.3, 0.4) is 0 Å². The highest BCUT2D eigenvalue weighted by molar-refractivity contribution is 6.07. The Morgan fingerprint density at radius 2 is 1.00 bits per heavy atom. The summed E-state index contributed by atoms with van der Waals surface area (Å²) in [7, 11) is 0. The minimum atomic E-state index is -0.460. The van der Waals surface area contributed by atoms with E-state index in [9.17, 15) is 0 Å². The number of hydrogen-bond donors (Lipinski definition) is 0. The SMILES string of the molecule is CC1(C)c2ccccc2-c2c(N(c3ccc(C4=CCCC=C4)cc3)c3ccc(-c4cccc5c4C4(c6ccccc6-5)c5ccccc5-c5c4ccc4ccccc54)cc3)cccc21. The maximum atomic E-state index is 2.48. The smallest absolute Gasteiger partial charge is 0.0731 e. The topological polar surface area (TPSA) is 3.24 Å². The lowest BCUT2D eigenvalue weighted by Crippen LogP contribution is -2.26. The average Bonchev–Trinajstić information content (AvgIpc) is 3.91. The highest BCUT2D eigenvalue weighted by Crippen LogP contribution is 2.65. The van der Waals surface area contributed by atoms with Crippen molar-refractivity contribution in [3.63, 3.8) is 0 Å². The Bertz CT molecular complexity index is 3410. The summed E-state index contributed by atoms with van der Waals surface area (Å²) in [5, 5.41) is 2.59. The fourth-order valence-electron chi connectivity index (χ4n) is 12.0. The molecule has 0 N–H and O–H groups in total. The molecule has 298 valence electrons. The van der Waals surface area contributed by atoms with Crippen LogP contribution >= 0.6 is 0 Å². The molecule has 0 saturated carbocycles. The molecule has 4 aliphatic carbocycles. The Labute approximate surface area is 370 Å². The van der Waals surface area contributed by atoms with Crippen molar-refractivity contribution in [2.24, 2.45) is 0 Å². The fourth-order valence-corrected chi connectivity index (χ4v) is 12.0. The van der Waals surface area contributed by atoms with Gasteiger partial charge < -0.3 is 4.90 Å². The quantitative estimate of drug-likeness (QED) is 0.168. The normalized spacial score (nSPS) is 16.8. The third-order valence-corrected chi connectivity index (χ3v) is 14.7. The molecule has 1 atom stereocenters. The van der Waals surface area contributed by atoms with E-state index < -0.39 is 5.41 Å². The maximum Gasteiger partial charge on any atom is 0.0731 e. The predicted octanol–water partition coefficient (Wildman–Crippen LogP) is 16.4. The molecule has 1 nitrogen and oxygen atoms in total. The molecule has 63 heavy (non-hydrogen) atoms. The molecule has 0 radical (unpaired) electrons. The minimum absolute atomic E-state index is 0.105. The summed E-state index contributed by atoms with van der Waals surface area (Å²) in [5.41, 5.74) is 24.1. The first-order chi connectivity index (χ1) is 31.0. The second kappa shape index (κ2) is 13.5. The van der Waals surface area contributed by atoms with Gasteiger partial charge in [0.25, 0.3) is 0 Å². The van der Waals surface area contributed by atoms with E-state index in [1.165, 1.54) is 105 Å². The van der Waals surface area contributed by atoms with Crippen molar-refractivity contribution >= 4 is 33.4 Å². The second-order valence-electron chi connectivity index (χ2n) is 18.2.